The molecular formula is C19H20N4OS. The third-order valence-corrected chi connectivity index (χ3v) is 5.52. The number of para-hydroxylation sites is 1. The molecular weight excluding hydrogens is 332 g/mol. The number of aryl methyl sites for hydroxylation is 3. The van der Waals surface area contributed by atoms with E-state index < -0.39 is 0 Å². The molecule has 0 saturated heterocycles. The van der Waals surface area contributed by atoms with Crippen molar-refractivity contribution < 1.29 is 4.79 Å². The summed E-state index contributed by atoms with van der Waals surface area (Å²) in [5.74, 6) is 0.823. The van der Waals surface area contributed by atoms with Crippen LogP contribution < -0.4 is 5.32 Å². The Balaban J connectivity index is 1.71. The number of carbonyl (C=O) groups excluding carboxylic acids is 1. The quantitative estimate of drug-likeness (QED) is 0.768. The molecule has 1 amide bonds. The zero-order valence-corrected chi connectivity index (χ0v) is 15.2. The number of fused-ring (bicyclic) bond motifs is 1. The van der Waals surface area contributed by atoms with Crippen molar-refractivity contribution in [3.8, 4) is 11.4 Å². The molecule has 2 aromatic heterocycles. The predicted molar refractivity (Wildman–Crippen MR) is 100 cm³/mol. The number of nitrogens with zero attached hydrogens (tertiary/aromatic N) is 3. The lowest BCUT2D eigenvalue weighted by molar-refractivity contribution is 0.102. The second kappa shape index (κ2) is 6.44. The van der Waals surface area contributed by atoms with Crippen LogP contribution in [-0.4, -0.2) is 19.8 Å². The Kier molecular flexibility index (Phi) is 4.13. The van der Waals surface area contributed by atoms with E-state index in [1.54, 1.807) is 0 Å². The lowest BCUT2D eigenvalue weighted by Gasteiger charge is -2.18. The number of hydrogen-bond donors (Lipinski definition) is 1. The number of imidazole rings is 1. The minimum atomic E-state index is -0.110. The van der Waals surface area contributed by atoms with E-state index >= 15 is 0 Å². The standard InChI is InChI=1S/C19H20N4OS/c1-12-17(13(2)25-22-12)19(24)21-16-9-4-3-8-15(16)18-20-11-14-7-5-6-10-23(14)18/h3-4,8-9,11H,5-7,10H2,1-2H3,(H,21,24). The van der Waals surface area contributed by atoms with Crippen molar-refractivity contribution in [2.24, 2.45) is 0 Å². The van der Waals surface area contributed by atoms with Crippen LogP contribution in [0.25, 0.3) is 11.4 Å². The number of anilines is 1. The summed E-state index contributed by atoms with van der Waals surface area (Å²) in [6, 6.07) is 7.87. The lowest BCUT2D eigenvalue weighted by atomic mass is 10.1. The Labute approximate surface area is 150 Å². The van der Waals surface area contributed by atoms with Crippen molar-refractivity contribution in [1.29, 1.82) is 0 Å². The third-order valence-electron chi connectivity index (χ3n) is 4.68. The predicted octanol–water partition coefficient (Wildman–Crippen LogP) is 4.21. The fourth-order valence-corrected chi connectivity index (χ4v) is 4.13. The van der Waals surface area contributed by atoms with Crippen molar-refractivity contribution in [3.05, 3.63) is 52.3 Å². The molecule has 0 radical (unpaired) electrons. The van der Waals surface area contributed by atoms with Crippen molar-refractivity contribution in [2.75, 3.05) is 5.32 Å². The van der Waals surface area contributed by atoms with Gasteiger partial charge >= 0.3 is 0 Å². The van der Waals surface area contributed by atoms with E-state index in [4.69, 9.17) is 0 Å². The van der Waals surface area contributed by atoms with Crippen LogP contribution in [0.3, 0.4) is 0 Å². The van der Waals surface area contributed by atoms with Gasteiger partial charge < -0.3 is 9.88 Å². The van der Waals surface area contributed by atoms with E-state index in [0.717, 1.165) is 40.6 Å². The monoisotopic (exact) mass is 352 g/mol. The fraction of sp³-hybridized carbons (Fsp3) is 0.316. The van der Waals surface area contributed by atoms with Crippen LogP contribution in [0.1, 0.15) is 39.5 Å². The molecule has 6 heteroatoms. The molecule has 3 heterocycles. The van der Waals surface area contributed by atoms with Crippen LogP contribution in [0.15, 0.2) is 30.5 Å². The Bertz CT molecular complexity index is 921. The number of carbonyl (C=O) groups is 1. The SMILES string of the molecule is Cc1nsc(C)c1C(=O)Nc1ccccc1-c1ncc2n1CCCC2. The van der Waals surface area contributed by atoms with Gasteiger partial charge in [-0.15, -0.1) is 0 Å². The second-order valence-corrected chi connectivity index (χ2v) is 7.36. The Hall–Kier alpha value is -2.47. The Morgan fingerprint density at radius 1 is 1.24 bits per heavy atom. The van der Waals surface area contributed by atoms with Gasteiger partial charge in [-0.1, -0.05) is 12.1 Å². The molecule has 0 unspecified atom stereocenters. The maximum Gasteiger partial charge on any atom is 0.258 e. The number of rotatable bonds is 3. The summed E-state index contributed by atoms with van der Waals surface area (Å²) < 4.78 is 6.55. The molecule has 0 saturated carbocycles. The van der Waals surface area contributed by atoms with E-state index in [0.29, 0.717) is 5.56 Å². The summed E-state index contributed by atoms with van der Waals surface area (Å²) >= 11 is 1.36. The summed E-state index contributed by atoms with van der Waals surface area (Å²) in [6.07, 6.45) is 5.42. The molecule has 0 bridgehead atoms. The molecule has 1 aromatic carbocycles. The van der Waals surface area contributed by atoms with Gasteiger partial charge in [-0.25, -0.2) is 4.98 Å². The average molecular weight is 352 g/mol. The van der Waals surface area contributed by atoms with Gasteiger partial charge in [0, 0.05) is 28.9 Å². The number of hydrogen-bond acceptors (Lipinski definition) is 4. The molecule has 1 N–H and O–H groups in total. The largest absolute Gasteiger partial charge is 0.328 e. The van der Waals surface area contributed by atoms with Crippen LogP contribution >= 0.6 is 11.5 Å². The van der Waals surface area contributed by atoms with E-state index in [1.165, 1.54) is 30.1 Å². The second-order valence-electron chi connectivity index (χ2n) is 6.38. The van der Waals surface area contributed by atoms with Gasteiger partial charge in [-0.2, -0.15) is 4.37 Å². The summed E-state index contributed by atoms with van der Waals surface area (Å²) in [4.78, 5) is 18.3. The first-order chi connectivity index (χ1) is 12.1. The van der Waals surface area contributed by atoms with Gasteiger partial charge in [-0.3, -0.25) is 4.79 Å². The first-order valence-electron chi connectivity index (χ1n) is 8.53. The van der Waals surface area contributed by atoms with Gasteiger partial charge in [-0.05, 0) is 56.8 Å². The highest BCUT2D eigenvalue weighted by molar-refractivity contribution is 7.06. The van der Waals surface area contributed by atoms with E-state index in [1.807, 2.05) is 44.3 Å². The smallest absolute Gasteiger partial charge is 0.258 e. The van der Waals surface area contributed by atoms with E-state index in [-0.39, 0.29) is 5.91 Å². The summed E-state index contributed by atoms with van der Waals surface area (Å²) in [5.41, 5.74) is 4.47. The van der Waals surface area contributed by atoms with Crippen molar-refractivity contribution >= 4 is 23.1 Å². The fourth-order valence-electron chi connectivity index (χ4n) is 3.43. The Morgan fingerprint density at radius 2 is 2.08 bits per heavy atom. The first kappa shape index (κ1) is 16.0. The van der Waals surface area contributed by atoms with Crippen molar-refractivity contribution in [3.63, 3.8) is 0 Å². The molecule has 0 spiro atoms. The maximum absolute atomic E-state index is 12.8. The third kappa shape index (κ3) is 2.87. The molecule has 1 aliphatic heterocycles. The maximum atomic E-state index is 12.8. The molecule has 5 nitrogen and oxygen atoms in total. The zero-order valence-electron chi connectivity index (χ0n) is 14.4. The van der Waals surface area contributed by atoms with Crippen LogP contribution in [-0.2, 0) is 13.0 Å². The first-order valence-corrected chi connectivity index (χ1v) is 9.30. The molecule has 0 fully saturated rings. The number of amides is 1. The minimum absolute atomic E-state index is 0.110. The molecule has 25 heavy (non-hydrogen) atoms. The molecule has 0 aliphatic carbocycles. The summed E-state index contributed by atoms with van der Waals surface area (Å²) in [5, 5.41) is 3.06. The van der Waals surface area contributed by atoms with Crippen LogP contribution in [0.5, 0.6) is 0 Å². The highest BCUT2D eigenvalue weighted by Crippen LogP contribution is 2.31. The summed E-state index contributed by atoms with van der Waals surface area (Å²) in [6.45, 7) is 4.78. The molecule has 128 valence electrons. The Morgan fingerprint density at radius 3 is 2.88 bits per heavy atom. The highest BCUT2D eigenvalue weighted by atomic mass is 32.1. The van der Waals surface area contributed by atoms with Gasteiger partial charge in [0.15, 0.2) is 0 Å². The van der Waals surface area contributed by atoms with Gasteiger partial charge in [0.1, 0.15) is 5.82 Å². The topological polar surface area (TPSA) is 59.8 Å². The lowest BCUT2D eigenvalue weighted by Crippen LogP contribution is -2.15. The van der Waals surface area contributed by atoms with Crippen molar-refractivity contribution in [1.82, 2.24) is 13.9 Å². The van der Waals surface area contributed by atoms with E-state index in [9.17, 15) is 4.79 Å². The number of aromatic nitrogens is 3. The molecule has 1 aliphatic rings. The molecule has 0 atom stereocenters. The van der Waals surface area contributed by atoms with Gasteiger partial charge in [0.25, 0.3) is 5.91 Å². The van der Waals surface area contributed by atoms with Crippen LogP contribution in [0, 0.1) is 13.8 Å². The highest BCUT2D eigenvalue weighted by Gasteiger charge is 2.20. The number of nitrogens with one attached hydrogen (secondary N) is 1. The number of benzene rings is 1. The van der Waals surface area contributed by atoms with Gasteiger partial charge in [0.2, 0.25) is 0 Å². The normalized spacial score (nSPS) is 13.5. The van der Waals surface area contributed by atoms with Crippen molar-refractivity contribution in [2.45, 2.75) is 39.7 Å². The molecule has 4 rings (SSSR count). The van der Waals surface area contributed by atoms with E-state index in [2.05, 4.69) is 19.2 Å². The molecule has 3 aromatic rings. The minimum Gasteiger partial charge on any atom is -0.328 e. The zero-order chi connectivity index (χ0) is 17.4. The summed E-state index contributed by atoms with van der Waals surface area (Å²) in [7, 11) is 0. The van der Waals surface area contributed by atoms with Gasteiger partial charge in [0.05, 0.1) is 16.9 Å². The van der Waals surface area contributed by atoms with Crippen LogP contribution in [0.4, 0.5) is 5.69 Å². The average Bonchev–Trinajstić information content (AvgIpc) is 3.19. The van der Waals surface area contributed by atoms with Crippen LogP contribution in [0.2, 0.25) is 0 Å².